The minimum atomic E-state index is 0.0104. The van der Waals surface area contributed by atoms with Gasteiger partial charge in [0.25, 0.3) is 0 Å². The molecule has 2 N–H and O–H groups in total. The Hall–Kier alpha value is -1.57. The molecule has 1 amide bonds. The van der Waals surface area contributed by atoms with Gasteiger partial charge in [-0.15, -0.1) is 0 Å². The molecule has 0 saturated carbocycles. The molecule has 0 spiro atoms. The number of imidazole rings is 1. The van der Waals surface area contributed by atoms with Crippen LogP contribution in [0.1, 0.15) is 19.4 Å². The minimum absolute atomic E-state index is 0.0104. The molecule has 1 aromatic heterocycles. The second-order valence-corrected chi connectivity index (χ2v) is 8.27. The van der Waals surface area contributed by atoms with Crippen molar-refractivity contribution in [3.05, 3.63) is 23.8 Å². The van der Waals surface area contributed by atoms with Crippen LogP contribution in [0.2, 0.25) is 0 Å². The first-order valence-electron chi connectivity index (χ1n) is 9.19. The number of nitrogens with zero attached hydrogens (tertiary/aromatic N) is 2. The summed E-state index contributed by atoms with van der Waals surface area (Å²) in [5, 5.41) is 3.76. The maximum Gasteiger partial charge on any atom is 0.230 e. The molecule has 142 valence electrons. The third-order valence-electron chi connectivity index (χ3n) is 4.33. The lowest BCUT2D eigenvalue weighted by atomic mass is 10.2. The van der Waals surface area contributed by atoms with E-state index in [1.165, 1.54) is 17.3 Å². The van der Waals surface area contributed by atoms with Crippen molar-refractivity contribution in [1.82, 2.24) is 20.2 Å². The van der Waals surface area contributed by atoms with E-state index in [-0.39, 0.29) is 12.0 Å². The number of aromatic amines is 1. The Kier molecular flexibility index (Phi) is 6.56. The van der Waals surface area contributed by atoms with Gasteiger partial charge in [-0.05, 0) is 30.5 Å². The minimum Gasteiger partial charge on any atom is -0.374 e. The fraction of sp³-hybridized carbons (Fsp3) is 0.579. The van der Waals surface area contributed by atoms with Crippen molar-refractivity contribution in [2.45, 2.75) is 32.0 Å². The van der Waals surface area contributed by atoms with Crippen molar-refractivity contribution in [3.8, 4) is 0 Å². The van der Waals surface area contributed by atoms with E-state index in [1.807, 2.05) is 12.1 Å². The number of H-pyrrole nitrogens is 1. The van der Waals surface area contributed by atoms with E-state index in [4.69, 9.17) is 4.74 Å². The average molecular weight is 377 g/mol. The van der Waals surface area contributed by atoms with E-state index < -0.39 is 0 Å². The second kappa shape index (κ2) is 8.88. The Balaban J connectivity index is 1.42. The predicted molar refractivity (Wildman–Crippen MR) is 106 cm³/mol. The highest BCUT2D eigenvalue weighted by atomic mass is 32.2. The van der Waals surface area contributed by atoms with E-state index in [2.05, 4.69) is 47.0 Å². The highest BCUT2D eigenvalue weighted by Crippen LogP contribution is 2.20. The maximum absolute atomic E-state index is 12.1. The van der Waals surface area contributed by atoms with Crippen LogP contribution in [0, 0.1) is 12.8 Å². The number of carbonyl (C=O) groups excluding carboxylic acids is 1. The quantitative estimate of drug-likeness (QED) is 0.727. The lowest BCUT2D eigenvalue weighted by Crippen LogP contribution is -2.48. The van der Waals surface area contributed by atoms with Gasteiger partial charge in [0, 0.05) is 26.2 Å². The van der Waals surface area contributed by atoms with Crippen LogP contribution in [0.3, 0.4) is 0 Å². The van der Waals surface area contributed by atoms with Crippen molar-refractivity contribution in [1.29, 1.82) is 0 Å². The van der Waals surface area contributed by atoms with E-state index in [0.717, 1.165) is 42.4 Å². The van der Waals surface area contributed by atoms with Gasteiger partial charge in [-0.25, -0.2) is 4.98 Å². The predicted octanol–water partition coefficient (Wildman–Crippen LogP) is 2.44. The Morgan fingerprint density at radius 3 is 3.15 bits per heavy atom. The fourth-order valence-corrected chi connectivity index (χ4v) is 3.88. The summed E-state index contributed by atoms with van der Waals surface area (Å²) >= 11 is 1.43. The largest absolute Gasteiger partial charge is 0.374 e. The van der Waals surface area contributed by atoms with E-state index in [1.54, 1.807) is 0 Å². The molecule has 0 aliphatic carbocycles. The van der Waals surface area contributed by atoms with Crippen LogP contribution in [0.15, 0.2) is 23.4 Å². The molecule has 1 aliphatic heterocycles. The molecule has 1 aliphatic rings. The Morgan fingerprint density at radius 2 is 2.35 bits per heavy atom. The zero-order valence-corrected chi connectivity index (χ0v) is 16.6. The number of hydrogen-bond acceptors (Lipinski definition) is 5. The van der Waals surface area contributed by atoms with Gasteiger partial charge in [0.05, 0.1) is 29.5 Å². The maximum atomic E-state index is 12.1. The molecule has 1 aromatic carbocycles. The number of rotatable bonds is 7. The Morgan fingerprint density at radius 1 is 1.50 bits per heavy atom. The summed E-state index contributed by atoms with van der Waals surface area (Å²) in [7, 11) is 0. The number of morpholine rings is 1. The van der Waals surface area contributed by atoms with Crippen LogP contribution in [0.4, 0.5) is 0 Å². The van der Waals surface area contributed by atoms with Crippen LogP contribution in [-0.2, 0) is 9.53 Å². The zero-order valence-electron chi connectivity index (χ0n) is 15.7. The highest BCUT2D eigenvalue weighted by Gasteiger charge is 2.21. The van der Waals surface area contributed by atoms with E-state index in [9.17, 15) is 4.79 Å². The number of aromatic nitrogens is 2. The summed E-state index contributed by atoms with van der Waals surface area (Å²) in [5.74, 6) is 1.00. The molecular formula is C19H28N4O2S. The molecule has 1 fully saturated rings. The van der Waals surface area contributed by atoms with Crippen molar-refractivity contribution < 1.29 is 9.53 Å². The molecule has 7 heteroatoms. The number of fused-ring (bicyclic) bond motifs is 1. The molecule has 0 bridgehead atoms. The summed E-state index contributed by atoms with van der Waals surface area (Å²) in [5.41, 5.74) is 3.13. The van der Waals surface area contributed by atoms with Gasteiger partial charge in [-0.1, -0.05) is 31.7 Å². The smallest absolute Gasteiger partial charge is 0.230 e. The van der Waals surface area contributed by atoms with E-state index in [0.29, 0.717) is 18.2 Å². The van der Waals surface area contributed by atoms with Gasteiger partial charge in [0.2, 0.25) is 5.91 Å². The summed E-state index contributed by atoms with van der Waals surface area (Å²) < 4.78 is 5.77. The first-order valence-corrected chi connectivity index (χ1v) is 10.2. The molecule has 1 saturated heterocycles. The molecule has 1 unspecified atom stereocenters. The van der Waals surface area contributed by atoms with Gasteiger partial charge in [-0.3, -0.25) is 9.69 Å². The summed E-state index contributed by atoms with van der Waals surface area (Å²) in [6.07, 6.45) is 0.0747. The average Bonchev–Trinajstić information content (AvgIpc) is 3.00. The lowest BCUT2D eigenvalue weighted by molar-refractivity contribution is -0.119. The number of thioether (sulfide) groups is 1. The highest BCUT2D eigenvalue weighted by molar-refractivity contribution is 7.99. The Bertz CT molecular complexity index is 746. The van der Waals surface area contributed by atoms with Crippen LogP contribution < -0.4 is 5.32 Å². The molecule has 2 heterocycles. The lowest BCUT2D eigenvalue weighted by Gasteiger charge is -2.33. The number of carbonyl (C=O) groups is 1. The number of hydrogen-bond donors (Lipinski definition) is 2. The van der Waals surface area contributed by atoms with Crippen LogP contribution >= 0.6 is 11.8 Å². The van der Waals surface area contributed by atoms with Gasteiger partial charge in [-0.2, -0.15) is 0 Å². The standard InChI is InChI=1S/C19H28N4O2S/c1-13(2)10-23-6-7-25-15(11-23)9-20-18(24)12-26-19-21-16-5-4-14(3)8-17(16)22-19/h4-5,8,13,15H,6-7,9-12H2,1-3H3,(H,20,24)(H,21,22). The van der Waals surface area contributed by atoms with Crippen LogP contribution in [0.25, 0.3) is 11.0 Å². The van der Waals surface area contributed by atoms with Crippen molar-refractivity contribution >= 4 is 28.7 Å². The fourth-order valence-electron chi connectivity index (χ4n) is 3.17. The van der Waals surface area contributed by atoms with Gasteiger partial charge in [0.15, 0.2) is 5.16 Å². The van der Waals surface area contributed by atoms with Crippen molar-refractivity contribution in [3.63, 3.8) is 0 Å². The van der Waals surface area contributed by atoms with Gasteiger partial charge < -0.3 is 15.0 Å². The van der Waals surface area contributed by atoms with E-state index >= 15 is 0 Å². The van der Waals surface area contributed by atoms with Crippen molar-refractivity contribution in [2.24, 2.45) is 5.92 Å². The third-order valence-corrected chi connectivity index (χ3v) is 5.20. The molecular weight excluding hydrogens is 348 g/mol. The first kappa shape index (κ1) is 19.2. The second-order valence-electron chi connectivity index (χ2n) is 7.30. The number of aryl methyl sites for hydroxylation is 1. The van der Waals surface area contributed by atoms with Gasteiger partial charge in [0.1, 0.15) is 0 Å². The van der Waals surface area contributed by atoms with Crippen LogP contribution in [0.5, 0.6) is 0 Å². The normalized spacial score (nSPS) is 18.5. The summed E-state index contributed by atoms with van der Waals surface area (Å²) in [6, 6.07) is 6.10. The number of nitrogens with one attached hydrogen (secondary N) is 2. The number of ether oxygens (including phenoxy) is 1. The summed E-state index contributed by atoms with van der Waals surface area (Å²) in [4.78, 5) is 22.3. The Labute approximate surface area is 159 Å². The zero-order chi connectivity index (χ0) is 18.5. The molecule has 3 rings (SSSR count). The first-order chi connectivity index (χ1) is 12.5. The van der Waals surface area contributed by atoms with Crippen molar-refractivity contribution in [2.75, 3.05) is 38.5 Å². The summed E-state index contributed by atoms with van der Waals surface area (Å²) in [6.45, 7) is 10.7. The number of benzene rings is 1. The molecule has 1 atom stereocenters. The number of amides is 1. The molecule has 26 heavy (non-hydrogen) atoms. The SMILES string of the molecule is Cc1ccc2nc(SCC(=O)NCC3CN(CC(C)C)CCO3)[nH]c2c1. The molecule has 0 radical (unpaired) electrons. The van der Waals surface area contributed by atoms with Gasteiger partial charge >= 0.3 is 0 Å². The topological polar surface area (TPSA) is 70.2 Å². The van der Waals surface area contributed by atoms with Crippen LogP contribution in [-0.4, -0.2) is 65.4 Å². The monoisotopic (exact) mass is 376 g/mol. The third kappa shape index (κ3) is 5.46. The molecule has 6 nitrogen and oxygen atoms in total. The molecule has 2 aromatic rings.